The molecule has 1 aliphatic rings. The molecule has 0 unspecified atom stereocenters. The third-order valence-electron chi connectivity index (χ3n) is 5.45. The fourth-order valence-corrected chi connectivity index (χ4v) is 3.90. The van der Waals surface area contributed by atoms with E-state index < -0.39 is 5.60 Å². The highest BCUT2D eigenvalue weighted by Gasteiger charge is 2.26. The number of carbonyl (C=O) groups is 2. The van der Waals surface area contributed by atoms with Crippen molar-refractivity contribution in [3.05, 3.63) is 82.8 Å². The minimum absolute atomic E-state index is 0.201. The average molecular weight is 447 g/mol. The molecule has 0 fully saturated rings. The van der Waals surface area contributed by atoms with Gasteiger partial charge in [0.05, 0.1) is 6.33 Å². The minimum Gasteiger partial charge on any atom is -0.444 e. The van der Waals surface area contributed by atoms with E-state index in [4.69, 9.17) is 4.74 Å². The third kappa shape index (κ3) is 5.80. The molecule has 0 bridgehead atoms. The van der Waals surface area contributed by atoms with Crippen LogP contribution in [0.4, 0.5) is 10.6 Å². The molecule has 1 aromatic heterocycles. The van der Waals surface area contributed by atoms with Crippen molar-refractivity contribution in [2.45, 2.75) is 52.8 Å². The Labute approximate surface area is 194 Å². The molecule has 3 aromatic rings. The van der Waals surface area contributed by atoms with Crippen LogP contribution in [0.1, 0.15) is 53.4 Å². The van der Waals surface area contributed by atoms with Gasteiger partial charge in [-0.05, 0) is 62.9 Å². The Bertz CT molecular complexity index is 1180. The Balaban J connectivity index is 1.38. The molecule has 1 N–H and O–H groups in total. The molecule has 0 radical (unpaired) electrons. The number of fused-ring (bicyclic) bond motifs is 1. The maximum absolute atomic E-state index is 12.8. The summed E-state index contributed by atoms with van der Waals surface area (Å²) in [4.78, 5) is 31.2. The molecule has 0 spiro atoms. The number of imidazole rings is 1. The zero-order valence-corrected chi connectivity index (χ0v) is 19.6. The first-order chi connectivity index (χ1) is 15.7. The van der Waals surface area contributed by atoms with Crippen LogP contribution in [0.2, 0.25) is 0 Å². The van der Waals surface area contributed by atoms with Gasteiger partial charge in [0, 0.05) is 31.4 Å². The smallest absolute Gasteiger partial charge is 0.410 e. The number of nitrogens with one attached hydrogen (secondary N) is 1. The first-order valence-corrected chi connectivity index (χ1v) is 11.1. The Morgan fingerprint density at radius 1 is 1.12 bits per heavy atom. The van der Waals surface area contributed by atoms with E-state index in [2.05, 4.69) is 35.4 Å². The predicted molar refractivity (Wildman–Crippen MR) is 127 cm³/mol. The number of carbonyl (C=O) groups excluding carboxylic acids is 2. The van der Waals surface area contributed by atoms with Crippen molar-refractivity contribution in [1.82, 2.24) is 14.5 Å². The Kier molecular flexibility index (Phi) is 6.22. The van der Waals surface area contributed by atoms with Crippen molar-refractivity contribution in [3.63, 3.8) is 0 Å². The molecule has 0 aliphatic carbocycles. The van der Waals surface area contributed by atoms with Gasteiger partial charge in [0.25, 0.3) is 5.91 Å². The Morgan fingerprint density at radius 2 is 1.94 bits per heavy atom. The third-order valence-corrected chi connectivity index (χ3v) is 5.45. The molecule has 2 amide bonds. The summed E-state index contributed by atoms with van der Waals surface area (Å²) in [5, 5.41) is 2.88. The van der Waals surface area contributed by atoms with Gasteiger partial charge in [0.1, 0.15) is 5.60 Å². The number of hydrogen-bond donors (Lipinski definition) is 1. The fourth-order valence-electron chi connectivity index (χ4n) is 3.90. The van der Waals surface area contributed by atoms with E-state index in [-0.39, 0.29) is 12.0 Å². The standard InChI is InChI=1S/C26H30N4O3/c1-18-6-5-7-19(12-18)14-29-16-23(27-17-29)28-24(31)21-8-9-22-15-30(11-10-20(22)13-21)25(32)33-26(2,3)4/h5-9,12-13,16-17H,10-11,14-15H2,1-4H3,(H,28,31). The van der Waals surface area contributed by atoms with Crippen LogP contribution in [0.3, 0.4) is 0 Å². The number of aryl methyl sites for hydroxylation is 1. The fraction of sp³-hybridized carbons (Fsp3) is 0.346. The number of hydrogen-bond acceptors (Lipinski definition) is 4. The summed E-state index contributed by atoms with van der Waals surface area (Å²) in [7, 11) is 0. The molecule has 7 nitrogen and oxygen atoms in total. The van der Waals surface area contributed by atoms with Crippen LogP contribution in [0, 0.1) is 6.92 Å². The molecule has 4 rings (SSSR count). The van der Waals surface area contributed by atoms with Crippen LogP contribution in [-0.4, -0.2) is 38.6 Å². The van der Waals surface area contributed by atoms with Crippen molar-refractivity contribution in [1.29, 1.82) is 0 Å². The van der Waals surface area contributed by atoms with Gasteiger partial charge < -0.3 is 19.5 Å². The lowest BCUT2D eigenvalue weighted by atomic mass is 9.97. The molecule has 0 saturated heterocycles. The maximum Gasteiger partial charge on any atom is 0.410 e. The number of amides is 2. The first kappa shape index (κ1) is 22.6. The van der Waals surface area contributed by atoms with Crippen LogP contribution in [0.25, 0.3) is 0 Å². The van der Waals surface area contributed by atoms with E-state index >= 15 is 0 Å². The van der Waals surface area contributed by atoms with E-state index in [0.717, 1.165) is 11.1 Å². The second-order valence-electron chi connectivity index (χ2n) is 9.51. The molecule has 172 valence electrons. The quantitative estimate of drug-likeness (QED) is 0.625. The van der Waals surface area contributed by atoms with Crippen molar-refractivity contribution in [2.75, 3.05) is 11.9 Å². The highest BCUT2D eigenvalue weighted by atomic mass is 16.6. The molecule has 1 aliphatic heterocycles. The summed E-state index contributed by atoms with van der Waals surface area (Å²) < 4.78 is 7.43. The van der Waals surface area contributed by atoms with E-state index in [1.54, 1.807) is 17.3 Å². The van der Waals surface area contributed by atoms with E-state index in [1.165, 1.54) is 11.1 Å². The normalized spacial score (nSPS) is 13.4. The zero-order valence-electron chi connectivity index (χ0n) is 19.6. The van der Waals surface area contributed by atoms with Gasteiger partial charge in [0.15, 0.2) is 5.82 Å². The lowest BCUT2D eigenvalue weighted by Gasteiger charge is -2.31. The topological polar surface area (TPSA) is 76.5 Å². The van der Waals surface area contributed by atoms with Gasteiger partial charge in [-0.1, -0.05) is 35.9 Å². The number of rotatable bonds is 4. The summed E-state index contributed by atoms with van der Waals surface area (Å²) in [5.41, 5.74) is 4.56. The highest BCUT2D eigenvalue weighted by Crippen LogP contribution is 2.23. The zero-order chi connectivity index (χ0) is 23.6. The van der Waals surface area contributed by atoms with Crippen LogP contribution in [0.15, 0.2) is 55.0 Å². The van der Waals surface area contributed by atoms with Crippen LogP contribution < -0.4 is 5.32 Å². The molecular formula is C26H30N4O3. The average Bonchev–Trinajstić information content (AvgIpc) is 3.18. The largest absolute Gasteiger partial charge is 0.444 e. The SMILES string of the molecule is Cc1cccc(Cn2cnc(NC(=O)c3ccc4c(c3)CCN(C(=O)OC(C)(C)C)C4)c2)c1. The van der Waals surface area contributed by atoms with E-state index in [0.29, 0.717) is 37.4 Å². The van der Waals surface area contributed by atoms with Crippen LogP contribution >= 0.6 is 0 Å². The highest BCUT2D eigenvalue weighted by molar-refractivity contribution is 6.03. The molecule has 2 heterocycles. The van der Waals surface area contributed by atoms with Crippen molar-refractivity contribution < 1.29 is 14.3 Å². The molecule has 2 aromatic carbocycles. The van der Waals surface area contributed by atoms with Crippen molar-refractivity contribution in [3.8, 4) is 0 Å². The summed E-state index contributed by atoms with van der Waals surface area (Å²) in [5.74, 6) is 0.314. The second kappa shape index (κ2) is 9.10. The monoisotopic (exact) mass is 446 g/mol. The summed E-state index contributed by atoms with van der Waals surface area (Å²) in [6, 6.07) is 13.9. The lowest BCUT2D eigenvalue weighted by molar-refractivity contribution is 0.0224. The van der Waals surface area contributed by atoms with E-state index in [1.807, 2.05) is 49.7 Å². The van der Waals surface area contributed by atoms with E-state index in [9.17, 15) is 9.59 Å². The molecule has 7 heteroatoms. The van der Waals surface area contributed by atoms with Gasteiger partial charge in [-0.25, -0.2) is 9.78 Å². The molecule has 0 saturated carbocycles. The number of aromatic nitrogens is 2. The minimum atomic E-state index is -0.521. The number of anilines is 1. The van der Waals surface area contributed by atoms with Crippen LogP contribution in [0.5, 0.6) is 0 Å². The number of ether oxygens (including phenoxy) is 1. The number of nitrogens with zero attached hydrogens (tertiary/aromatic N) is 3. The first-order valence-electron chi connectivity index (χ1n) is 11.1. The van der Waals surface area contributed by atoms with Crippen molar-refractivity contribution >= 4 is 17.8 Å². The summed E-state index contributed by atoms with van der Waals surface area (Å²) >= 11 is 0. The second-order valence-corrected chi connectivity index (χ2v) is 9.51. The molecule has 0 atom stereocenters. The Hall–Kier alpha value is -3.61. The molecular weight excluding hydrogens is 416 g/mol. The summed E-state index contributed by atoms with van der Waals surface area (Å²) in [6.45, 7) is 9.39. The molecule has 33 heavy (non-hydrogen) atoms. The Morgan fingerprint density at radius 3 is 2.70 bits per heavy atom. The van der Waals surface area contributed by atoms with Gasteiger partial charge in [-0.2, -0.15) is 0 Å². The lowest BCUT2D eigenvalue weighted by Crippen LogP contribution is -2.39. The summed E-state index contributed by atoms with van der Waals surface area (Å²) in [6.07, 6.45) is 3.92. The number of benzene rings is 2. The van der Waals surface area contributed by atoms with Gasteiger partial charge in [0.2, 0.25) is 0 Å². The predicted octanol–water partition coefficient (Wildman–Crippen LogP) is 4.79. The van der Waals surface area contributed by atoms with Crippen LogP contribution in [-0.2, 0) is 24.2 Å². The van der Waals surface area contributed by atoms with Gasteiger partial charge >= 0.3 is 6.09 Å². The maximum atomic E-state index is 12.8. The van der Waals surface area contributed by atoms with Crippen molar-refractivity contribution in [2.24, 2.45) is 0 Å². The van der Waals surface area contributed by atoms with Gasteiger partial charge in [-0.15, -0.1) is 0 Å². The van der Waals surface area contributed by atoms with Gasteiger partial charge in [-0.3, -0.25) is 4.79 Å².